The third-order valence-corrected chi connectivity index (χ3v) is 14.5. The van der Waals surface area contributed by atoms with Gasteiger partial charge in [0.15, 0.2) is 0 Å². The third-order valence-electron chi connectivity index (χ3n) is 14.5. The van der Waals surface area contributed by atoms with E-state index in [4.69, 9.17) is 9.47 Å². The van der Waals surface area contributed by atoms with Crippen LogP contribution in [0.15, 0.2) is 23.3 Å². The van der Waals surface area contributed by atoms with Gasteiger partial charge in [0.2, 0.25) is 6.29 Å². The molecule has 248 valence electrons. The fraction of sp³-hybridized carbons (Fsp3) is 0.861. The van der Waals surface area contributed by atoms with Crippen LogP contribution >= 0.6 is 0 Å². The summed E-state index contributed by atoms with van der Waals surface area (Å²) in [5.41, 5.74) is 1.72. The zero-order valence-corrected chi connectivity index (χ0v) is 27.8. The molecule has 6 rings (SSSR count). The summed E-state index contributed by atoms with van der Waals surface area (Å²) in [5, 5.41) is 52.0. The van der Waals surface area contributed by atoms with Crippen LogP contribution in [0.25, 0.3) is 0 Å². The van der Waals surface area contributed by atoms with Crippen molar-refractivity contribution in [3.63, 3.8) is 0 Å². The molecule has 1 saturated heterocycles. The van der Waals surface area contributed by atoms with Gasteiger partial charge in [-0.05, 0) is 96.7 Å². The summed E-state index contributed by atoms with van der Waals surface area (Å²) in [5.74, 6) is -0.0718. The highest BCUT2D eigenvalue weighted by Gasteiger charge is 2.68. The molecule has 0 unspecified atom stereocenters. The van der Waals surface area contributed by atoms with Gasteiger partial charge in [0.05, 0.1) is 18.1 Å². The molecule has 1 heterocycles. The van der Waals surface area contributed by atoms with E-state index in [1.54, 1.807) is 0 Å². The molecule has 5 N–H and O–H groups in total. The highest BCUT2D eigenvalue weighted by molar-refractivity contribution is 5.79. The molecular formula is C36H56O8. The van der Waals surface area contributed by atoms with Crippen LogP contribution < -0.4 is 0 Å². The number of aliphatic hydroxyl groups excluding tert-OH is 5. The second kappa shape index (κ2) is 10.4. The van der Waals surface area contributed by atoms with Gasteiger partial charge in [-0.2, -0.15) is 0 Å². The summed E-state index contributed by atoms with van der Waals surface area (Å²) in [6.07, 6.45) is 4.87. The van der Waals surface area contributed by atoms with Crippen molar-refractivity contribution in [2.45, 2.75) is 143 Å². The van der Waals surface area contributed by atoms with Gasteiger partial charge in [-0.25, -0.2) is 0 Å². The van der Waals surface area contributed by atoms with Crippen LogP contribution in [0.2, 0.25) is 0 Å². The molecule has 8 heteroatoms. The number of rotatable bonds is 3. The van der Waals surface area contributed by atoms with Crippen molar-refractivity contribution >= 4 is 5.97 Å². The van der Waals surface area contributed by atoms with Crippen LogP contribution in [-0.4, -0.2) is 74.9 Å². The van der Waals surface area contributed by atoms with Crippen LogP contribution in [-0.2, 0) is 14.3 Å². The van der Waals surface area contributed by atoms with E-state index in [0.717, 1.165) is 44.9 Å². The molecule has 0 amide bonds. The molecule has 0 radical (unpaired) electrons. The maximum Gasteiger partial charge on any atom is 0.315 e. The Bertz CT molecular complexity index is 1240. The molecule has 1 aliphatic heterocycles. The molecule has 5 fully saturated rings. The number of hydrogen-bond acceptors (Lipinski definition) is 8. The first-order valence-electron chi connectivity index (χ1n) is 17.0. The molecule has 0 aromatic rings. The molecular weight excluding hydrogens is 560 g/mol. The summed E-state index contributed by atoms with van der Waals surface area (Å²) < 4.78 is 11.5. The molecule has 0 spiro atoms. The first kappa shape index (κ1) is 32.6. The van der Waals surface area contributed by atoms with Gasteiger partial charge in [0.1, 0.15) is 24.4 Å². The zero-order chi connectivity index (χ0) is 32.3. The third kappa shape index (κ3) is 4.33. The van der Waals surface area contributed by atoms with E-state index < -0.39 is 48.7 Å². The maximum atomic E-state index is 14.4. The van der Waals surface area contributed by atoms with Gasteiger partial charge in [-0.1, -0.05) is 71.8 Å². The minimum absolute atomic E-state index is 0.00315. The monoisotopic (exact) mass is 616 g/mol. The summed E-state index contributed by atoms with van der Waals surface area (Å²) in [7, 11) is 0. The number of allylic oxidation sites excluding steroid dienone is 4. The summed E-state index contributed by atoms with van der Waals surface area (Å²) in [6.45, 7) is 15.8. The summed E-state index contributed by atoms with van der Waals surface area (Å²) >= 11 is 0. The maximum absolute atomic E-state index is 14.4. The highest BCUT2D eigenvalue weighted by Crippen LogP contribution is 2.74. The Morgan fingerprint density at radius 2 is 1.52 bits per heavy atom. The van der Waals surface area contributed by atoms with Crippen molar-refractivity contribution < 1.29 is 39.8 Å². The van der Waals surface area contributed by atoms with Gasteiger partial charge < -0.3 is 35.0 Å². The number of ether oxygens (including phenoxy) is 2. The van der Waals surface area contributed by atoms with E-state index in [1.807, 2.05) is 0 Å². The van der Waals surface area contributed by atoms with Crippen molar-refractivity contribution in [3.05, 3.63) is 23.3 Å². The molecule has 12 atom stereocenters. The molecule has 5 aliphatic carbocycles. The molecule has 0 bridgehead atoms. The van der Waals surface area contributed by atoms with Gasteiger partial charge in [0, 0.05) is 0 Å². The van der Waals surface area contributed by atoms with Crippen molar-refractivity contribution in [2.75, 3.05) is 6.61 Å². The Morgan fingerprint density at radius 3 is 2.20 bits per heavy atom. The predicted molar refractivity (Wildman–Crippen MR) is 165 cm³/mol. The summed E-state index contributed by atoms with van der Waals surface area (Å²) in [6, 6.07) is 0. The lowest BCUT2D eigenvalue weighted by atomic mass is 9.36. The normalized spacial score (nSPS) is 51.0. The second-order valence-corrected chi connectivity index (χ2v) is 17.4. The molecule has 0 aromatic heterocycles. The number of hydrogen-bond donors (Lipinski definition) is 5. The smallest absolute Gasteiger partial charge is 0.315 e. The van der Waals surface area contributed by atoms with Crippen LogP contribution in [0.3, 0.4) is 0 Å². The minimum atomic E-state index is -1.62. The molecule has 6 aliphatic rings. The second-order valence-electron chi connectivity index (χ2n) is 17.4. The SMILES string of the molecule is CC1(C)CC[C@]2(C(=O)O[C@@H]3O[C@H](CO)[C@@H](O)[C@H](O)[C@H]3O)CC[C@]3(C)C(=CC=C4[C@@]5(C)CC[C@H](O)C(C)(C)[C@@H]5CC[C@]43C)[C@@H]2C1. The van der Waals surface area contributed by atoms with Gasteiger partial charge in [-0.15, -0.1) is 0 Å². The van der Waals surface area contributed by atoms with E-state index in [2.05, 4.69) is 60.6 Å². The lowest BCUT2D eigenvalue weighted by Crippen LogP contribution is -2.63. The van der Waals surface area contributed by atoms with E-state index in [1.165, 1.54) is 11.1 Å². The Balaban J connectivity index is 1.38. The average Bonchev–Trinajstić information content (AvgIpc) is 2.95. The largest absolute Gasteiger partial charge is 0.432 e. The fourth-order valence-electron chi connectivity index (χ4n) is 11.3. The van der Waals surface area contributed by atoms with Crippen LogP contribution in [0, 0.1) is 44.3 Å². The molecule has 0 aromatic carbocycles. The number of esters is 1. The van der Waals surface area contributed by atoms with Crippen LogP contribution in [0.1, 0.15) is 106 Å². The molecule has 4 saturated carbocycles. The molecule has 44 heavy (non-hydrogen) atoms. The Kier molecular flexibility index (Phi) is 7.68. The van der Waals surface area contributed by atoms with Crippen LogP contribution in [0.5, 0.6) is 0 Å². The van der Waals surface area contributed by atoms with Gasteiger partial charge in [-0.3, -0.25) is 4.79 Å². The first-order chi connectivity index (χ1) is 20.4. The standard InChI is InChI=1S/C36H56O8/c1-31(2)14-16-36(30(42)44-29-28(41)27(40)26(39)22(19-37)43-29)17-15-34(6)20(21(36)18-31)8-9-24-33(5)12-11-25(38)32(3,4)23(33)10-13-35(24,34)7/h8-9,21-23,25-29,37-41H,10-19H2,1-7H3/t21-,22+,23-,25-,26+,27-,28+,29-,33-,34+,35+,36-/m0/s1. The van der Waals surface area contributed by atoms with Crippen molar-refractivity contribution in [1.82, 2.24) is 0 Å². The fourth-order valence-corrected chi connectivity index (χ4v) is 11.3. The van der Waals surface area contributed by atoms with Crippen molar-refractivity contribution in [1.29, 1.82) is 0 Å². The van der Waals surface area contributed by atoms with Crippen molar-refractivity contribution in [3.8, 4) is 0 Å². The number of carbonyl (C=O) groups excluding carboxylic acids is 1. The van der Waals surface area contributed by atoms with Crippen LogP contribution in [0.4, 0.5) is 0 Å². The number of fused-ring (bicyclic) bond motifs is 7. The van der Waals surface area contributed by atoms with Gasteiger partial charge in [0.25, 0.3) is 0 Å². The lowest BCUT2D eigenvalue weighted by molar-refractivity contribution is -0.297. The van der Waals surface area contributed by atoms with E-state index in [-0.39, 0.29) is 39.1 Å². The van der Waals surface area contributed by atoms with E-state index in [0.29, 0.717) is 18.8 Å². The topological polar surface area (TPSA) is 137 Å². The summed E-state index contributed by atoms with van der Waals surface area (Å²) in [4.78, 5) is 14.4. The predicted octanol–water partition coefficient (Wildman–Crippen LogP) is 4.41. The Morgan fingerprint density at radius 1 is 0.841 bits per heavy atom. The number of carbonyl (C=O) groups is 1. The Hall–Kier alpha value is -1.29. The first-order valence-corrected chi connectivity index (χ1v) is 17.0. The minimum Gasteiger partial charge on any atom is -0.432 e. The highest BCUT2D eigenvalue weighted by atomic mass is 16.7. The number of aliphatic hydroxyl groups is 5. The molecule has 8 nitrogen and oxygen atoms in total. The van der Waals surface area contributed by atoms with Gasteiger partial charge >= 0.3 is 5.97 Å². The quantitative estimate of drug-likeness (QED) is 0.294. The zero-order valence-electron chi connectivity index (χ0n) is 27.8. The van der Waals surface area contributed by atoms with Crippen molar-refractivity contribution in [2.24, 2.45) is 44.3 Å². The van der Waals surface area contributed by atoms with E-state index in [9.17, 15) is 30.3 Å². The lowest BCUT2D eigenvalue weighted by Gasteiger charge is -2.68. The Labute approximate surface area is 262 Å². The van der Waals surface area contributed by atoms with E-state index >= 15 is 0 Å². The average molecular weight is 617 g/mol.